The minimum absolute atomic E-state index is 0.00209. The third kappa shape index (κ3) is 2.86. The smallest absolute Gasteiger partial charge is 0.268 e. The minimum Gasteiger partial charge on any atom is -0.479 e. The molecule has 23 heavy (non-hydrogen) atoms. The van der Waals surface area contributed by atoms with Gasteiger partial charge in [0.25, 0.3) is 5.91 Å². The topological polar surface area (TPSA) is 53.3 Å². The van der Waals surface area contributed by atoms with Crippen LogP contribution in [0, 0.1) is 17.1 Å². The Bertz CT molecular complexity index is 832. The quantitative estimate of drug-likeness (QED) is 0.844. The SMILES string of the molecule is CC1Oc2ccc(C#N)cc2N(Cc2ccc(F)c(Cl)c2)C1=O. The van der Waals surface area contributed by atoms with Gasteiger partial charge in [0.05, 0.1) is 28.9 Å². The number of halogens is 2. The molecular formula is C17H12ClFN2O2. The lowest BCUT2D eigenvalue weighted by Crippen LogP contribution is -2.44. The molecule has 2 aromatic rings. The highest BCUT2D eigenvalue weighted by Crippen LogP contribution is 2.36. The van der Waals surface area contributed by atoms with E-state index >= 15 is 0 Å². The van der Waals surface area contributed by atoms with E-state index < -0.39 is 11.9 Å². The van der Waals surface area contributed by atoms with Crippen molar-refractivity contribution >= 4 is 23.2 Å². The van der Waals surface area contributed by atoms with Gasteiger partial charge in [0.15, 0.2) is 6.10 Å². The summed E-state index contributed by atoms with van der Waals surface area (Å²) >= 11 is 5.80. The summed E-state index contributed by atoms with van der Waals surface area (Å²) in [6.07, 6.45) is -0.633. The molecule has 0 fully saturated rings. The molecule has 0 saturated carbocycles. The molecule has 2 aromatic carbocycles. The van der Waals surface area contributed by atoms with Crippen molar-refractivity contribution < 1.29 is 13.9 Å². The lowest BCUT2D eigenvalue weighted by Gasteiger charge is -2.33. The minimum atomic E-state index is -0.633. The van der Waals surface area contributed by atoms with Gasteiger partial charge >= 0.3 is 0 Å². The van der Waals surface area contributed by atoms with E-state index in [0.29, 0.717) is 22.6 Å². The number of rotatable bonds is 2. The molecule has 0 aromatic heterocycles. The van der Waals surface area contributed by atoms with E-state index in [0.717, 1.165) is 0 Å². The zero-order chi connectivity index (χ0) is 16.6. The second-order valence-electron chi connectivity index (χ2n) is 5.23. The van der Waals surface area contributed by atoms with Crippen molar-refractivity contribution in [2.75, 3.05) is 4.90 Å². The van der Waals surface area contributed by atoms with Gasteiger partial charge in [-0.2, -0.15) is 5.26 Å². The van der Waals surface area contributed by atoms with Gasteiger partial charge in [0.1, 0.15) is 11.6 Å². The summed E-state index contributed by atoms with van der Waals surface area (Å²) in [6, 6.07) is 11.3. The number of fused-ring (bicyclic) bond motifs is 1. The third-order valence-electron chi connectivity index (χ3n) is 3.62. The van der Waals surface area contributed by atoms with Gasteiger partial charge in [0.2, 0.25) is 0 Å². The molecule has 0 bridgehead atoms. The van der Waals surface area contributed by atoms with Crippen LogP contribution < -0.4 is 9.64 Å². The Hall–Kier alpha value is -2.58. The molecular weight excluding hydrogens is 319 g/mol. The van der Waals surface area contributed by atoms with Crippen LogP contribution in [0.1, 0.15) is 18.1 Å². The second kappa shape index (κ2) is 5.90. The van der Waals surface area contributed by atoms with E-state index in [4.69, 9.17) is 21.6 Å². The standard InChI is InChI=1S/C17H12ClFN2O2/c1-10-17(22)21(9-12-2-4-14(19)13(18)6-12)15-7-11(8-20)3-5-16(15)23-10/h2-7,10H,9H2,1H3. The van der Waals surface area contributed by atoms with Crippen molar-refractivity contribution in [1.29, 1.82) is 5.26 Å². The van der Waals surface area contributed by atoms with Crippen LogP contribution in [0.15, 0.2) is 36.4 Å². The van der Waals surface area contributed by atoms with Crippen LogP contribution >= 0.6 is 11.6 Å². The highest BCUT2D eigenvalue weighted by molar-refractivity contribution is 6.30. The Morgan fingerprint density at radius 1 is 1.35 bits per heavy atom. The van der Waals surface area contributed by atoms with Gasteiger partial charge in [-0.25, -0.2) is 4.39 Å². The van der Waals surface area contributed by atoms with E-state index in [1.54, 1.807) is 31.2 Å². The lowest BCUT2D eigenvalue weighted by atomic mass is 10.1. The monoisotopic (exact) mass is 330 g/mol. The summed E-state index contributed by atoms with van der Waals surface area (Å²) in [5, 5.41) is 9.05. The van der Waals surface area contributed by atoms with E-state index in [1.807, 2.05) is 6.07 Å². The maximum absolute atomic E-state index is 13.3. The first-order chi connectivity index (χ1) is 11.0. The molecule has 6 heteroatoms. The van der Waals surface area contributed by atoms with Crippen LogP contribution in [0.5, 0.6) is 5.75 Å². The molecule has 4 nitrogen and oxygen atoms in total. The first kappa shape index (κ1) is 15.3. The van der Waals surface area contributed by atoms with Crippen LogP contribution in [0.2, 0.25) is 5.02 Å². The maximum Gasteiger partial charge on any atom is 0.268 e. The number of carbonyl (C=O) groups is 1. The van der Waals surface area contributed by atoms with Crippen molar-refractivity contribution in [2.45, 2.75) is 19.6 Å². The molecule has 0 N–H and O–H groups in total. The summed E-state index contributed by atoms with van der Waals surface area (Å²) in [7, 11) is 0. The molecule has 1 aliphatic rings. The molecule has 0 aliphatic carbocycles. The largest absolute Gasteiger partial charge is 0.479 e. The fraction of sp³-hybridized carbons (Fsp3) is 0.176. The summed E-state index contributed by atoms with van der Waals surface area (Å²) in [5.74, 6) is -0.207. The van der Waals surface area contributed by atoms with Crippen LogP contribution in [0.4, 0.5) is 10.1 Å². The number of carbonyl (C=O) groups excluding carboxylic acids is 1. The summed E-state index contributed by atoms with van der Waals surface area (Å²) in [4.78, 5) is 14.0. The molecule has 0 spiro atoms. The average molecular weight is 331 g/mol. The molecule has 116 valence electrons. The first-order valence-corrected chi connectivity index (χ1v) is 7.33. The number of nitrogens with zero attached hydrogens (tertiary/aromatic N) is 2. The average Bonchev–Trinajstić information content (AvgIpc) is 2.55. The molecule has 1 aliphatic heterocycles. The number of nitriles is 1. The van der Waals surface area contributed by atoms with Crippen LogP contribution in [-0.2, 0) is 11.3 Å². The van der Waals surface area contributed by atoms with E-state index in [2.05, 4.69) is 0 Å². The Morgan fingerprint density at radius 2 is 2.13 bits per heavy atom. The second-order valence-corrected chi connectivity index (χ2v) is 5.63. The zero-order valence-corrected chi connectivity index (χ0v) is 13.0. The van der Waals surface area contributed by atoms with E-state index in [1.165, 1.54) is 17.0 Å². The predicted molar refractivity (Wildman–Crippen MR) is 83.8 cm³/mol. The Kier molecular flexibility index (Phi) is 3.93. The van der Waals surface area contributed by atoms with Gasteiger partial charge in [-0.1, -0.05) is 17.7 Å². The zero-order valence-electron chi connectivity index (χ0n) is 12.2. The number of benzene rings is 2. The van der Waals surface area contributed by atoms with Crippen molar-refractivity contribution in [1.82, 2.24) is 0 Å². The van der Waals surface area contributed by atoms with Crippen LogP contribution in [0.3, 0.4) is 0 Å². The highest BCUT2D eigenvalue weighted by atomic mass is 35.5. The van der Waals surface area contributed by atoms with Crippen molar-refractivity contribution in [2.24, 2.45) is 0 Å². The lowest BCUT2D eigenvalue weighted by molar-refractivity contribution is -0.125. The molecule has 1 heterocycles. The van der Waals surface area contributed by atoms with Gasteiger partial charge in [-0.05, 0) is 42.8 Å². The molecule has 0 saturated heterocycles. The summed E-state index contributed by atoms with van der Waals surface area (Å²) < 4.78 is 18.9. The third-order valence-corrected chi connectivity index (χ3v) is 3.91. The van der Waals surface area contributed by atoms with Crippen LogP contribution in [0.25, 0.3) is 0 Å². The fourth-order valence-corrected chi connectivity index (χ4v) is 2.66. The molecule has 1 amide bonds. The molecule has 3 rings (SSSR count). The van der Waals surface area contributed by atoms with Gasteiger partial charge in [-0.3, -0.25) is 4.79 Å². The first-order valence-electron chi connectivity index (χ1n) is 6.95. The van der Waals surface area contributed by atoms with Crippen molar-refractivity contribution in [3.05, 3.63) is 58.4 Å². The molecule has 1 atom stereocenters. The predicted octanol–water partition coefficient (Wildman–Crippen LogP) is 3.66. The highest BCUT2D eigenvalue weighted by Gasteiger charge is 2.31. The number of anilines is 1. The normalized spacial score (nSPS) is 16.5. The number of amides is 1. The number of hydrogen-bond donors (Lipinski definition) is 0. The number of hydrogen-bond acceptors (Lipinski definition) is 3. The van der Waals surface area contributed by atoms with Crippen LogP contribution in [-0.4, -0.2) is 12.0 Å². The Morgan fingerprint density at radius 3 is 2.83 bits per heavy atom. The molecule has 1 unspecified atom stereocenters. The van der Waals surface area contributed by atoms with Crippen molar-refractivity contribution in [3.63, 3.8) is 0 Å². The fourth-order valence-electron chi connectivity index (χ4n) is 2.46. The van der Waals surface area contributed by atoms with E-state index in [-0.39, 0.29) is 17.5 Å². The maximum atomic E-state index is 13.3. The summed E-state index contributed by atoms with van der Waals surface area (Å²) in [5.41, 5.74) is 1.64. The molecule has 0 radical (unpaired) electrons. The van der Waals surface area contributed by atoms with Crippen molar-refractivity contribution in [3.8, 4) is 11.8 Å². The van der Waals surface area contributed by atoms with Gasteiger partial charge in [-0.15, -0.1) is 0 Å². The Balaban J connectivity index is 2.02. The van der Waals surface area contributed by atoms with E-state index in [9.17, 15) is 9.18 Å². The summed E-state index contributed by atoms with van der Waals surface area (Å²) in [6.45, 7) is 1.88. The number of ether oxygens (including phenoxy) is 1. The Labute approximate surface area is 137 Å². The van der Waals surface area contributed by atoms with Gasteiger partial charge in [0, 0.05) is 0 Å². The van der Waals surface area contributed by atoms with Gasteiger partial charge < -0.3 is 9.64 Å².